The zero-order valence-electron chi connectivity index (χ0n) is 12.0. The molecule has 1 unspecified atom stereocenters. The third-order valence-electron chi connectivity index (χ3n) is 3.62. The number of fused-ring (bicyclic) bond motifs is 1. The van der Waals surface area contributed by atoms with E-state index in [9.17, 15) is 0 Å². The minimum atomic E-state index is -0.127. The van der Waals surface area contributed by atoms with Crippen LogP contribution in [0.25, 0.3) is 10.9 Å². The van der Waals surface area contributed by atoms with Crippen molar-refractivity contribution in [2.45, 2.75) is 25.9 Å². The molecular formula is C16H19N5. The summed E-state index contributed by atoms with van der Waals surface area (Å²) in [5.41, 5.74) is 5.99. The quantitative estimate of drug-likeness (QED) is 0.556. The number of hydrazine groups is 1. The molecule has 0 fully saturated rings. The van der Waals surface area contributed by atoms with Crippen LogP contribution in [0.3, 0.4) is 0 Å². The van der Waals surface area contributed by atoms with Crippen LogP contribution in [0.4, 0.5) is 0 Å². The molecule has 0 spiro atoms. The van der Waals surface area contributed by atoms with Crippen molar-refractivity contribution in [1.82, 2.24) is 20.2 Å². The van der Waals surface area contributed by atoms with Crippen molar-refractivity contribution in [1.29, 1.82) is 0 Å². The molecule has 5 heteroatoms. The minimum absolute atomic E-state index is 0.127. The number of hydrogen-bond donors (Lipinski definition) is 2. The summed E-state index contributed by atoms with van der Waals surface area (Å²) in [6.07, 6.45) is 4.65. The van der Waals surface area contributed by atoms with Gasteiger partial charge >= 0.3 is 0 Å². The van der Waals surface area contributed by atoms with Crippen molar-refractivity contribution in [3.05, 3.63) is 60.0 Å². The number of nitrogens with two attached hydrogens (primary N) is 1. The average Bonchev–Trinajstić information content (AvgIpc) is 2.97. The van der Waals surface area contributed by atoms with Crippen LogP contribution in [0.5, 0.6) is 0 Å². The van der Waals surface area contributed by atoms with Crippen LogP contribution >= 0.6 is 0 Å². The van der Waals surface area contributed by atoms with Crippen molar-refractivity contribution in [3.63, 3.8) is 0 Å². The molecule has 0 aliphatic rings. The van der Waals surface area contributed by atoms with Gasteiger partial charge in [-0.3, -0.25) is 15.5 Å². The van der Waals surface area contributed by atoms with Crippen LogP contribution < -0.4 is 11.3 Å². The lowest BCUT2D eigenvalue weighted by Crippen LogP contribution is -2.31. The van der Waals surface area contributed by atoms with Gasteiger partial charge in [-0.1, -0.05) is 31.2 Å². The Bertz CT molecular complexity index is 729. The molecule has 0 amide bonds. The number of benzene rings is 1. The summed E-state index contributed by atoms with van der Waals surface area (Å²) < 4.78 is 1.99. The number of aromatic nitrogens is 3. The van der Waals surface area contributed by atoms with Crippen molar-refractivity contribution in [2.75, 3.05) is 0 Å². The summed E-state index contributed by atoms with van der Waals surface area (Å²) in [5.74, 6) is 5.83. The van der Waals surface area contributed by atoms with E-state index in [4.69, 9.17) is 5.84 Å². The summed E-state index contributed by atoms with van der Waals surface area (Å²) in [6.45, 7) is 3.01. The third kappa shape index (κ3) is 2.53. The van der Waals surface area contributed by atoms with E-state index in [1.807, 2.05) is 35.3 Å². The Morgan fingerprint density at radius 1 is 1.19 bits per heavy atom. The predicted molar refractivity (Wildman–Crippen MR) is 83.4 cm³/mol. The lowest BCUT2D eigenvalue weighted by Gasteiger charge is -2.19. The highest BCUT2D eigenvalue weighted by Gasteiger charge is 2.19. The predicted octanol–water partition coefficient (Wildman–Crippen LogP) is 2.39. The van der Waals surface area contributed by atoms with Crippen LogP contribution in [0.2, 0.25) is 0 Å². The lowest BCUT2D eigenvalue weighted by molar-refractivity contribution is 0.522. The molecule has 108 valence electrons. The van der Waals surface area contributed by atoms with Gasteiger partial charge in [0, 0.05) is 29.9 Å². The maximum absolute atomic E-state index is 5.83. The van der Waals surface area contributed by atoms with Crippen LogP contribution in [0, 0.1) is 0 Å². The highest BCUT2D eigenvalue weighted by molar-refractivity contribution is 5.82. The molecule has 0 radical (unpaired) electrons. The molecule has 0 aliphatic carbocycles. The van der Waals surface area contributed by atoms with E-state index in [0.717, 1.165) is 35.1 Å². The Labute approximate surface area is 123 Å². The molecule has 5 nitrogen and oxygen atoms in total. The van der Waals surface area contributed by atoms with E-state index < -0.39 is 0 Å². The van der Waals surface area contributed by atoms with Crippen LogP contribution in [-0.4, -0.2) is 14.8 Å². The largest absolute Gasteiger partial charge is 0.271 e. The maximum Gasteiger partial charge on any atom is 0.0899 e. The first-order valence-corrected chi connectivity index (χ1v) is 7.16. The first-order chi connectivity index (χ1) is 10.3. The Balaban J connectivity index is 2.12. The van der Waals surface area contributed by atoms with E-state index in [1.165, 1.54) is 0 Å². The highest BCUT2D eigenvalue weighted by atomic mass is 15.3. The fourth-order valence-corrected chi connectivity index (χ4v) is 2.68. The minimum Gasteiger partial charge on any atom is -0.271 e. The molecule has 1 aromatic carbocycles. The summed E-state index contributed by atoms with van der Waals surface area (Å²) in [7, 11) is 0. The van der Waals surface area contributed by atoms with Gasteiger partial charge in [0.05, 0.1) is 17.3 Å². The maximum atomic E-state index is 5.83. The molecule has 3 rings (SSSR count). The molecule has 3 N–H and O–H groups in total. The first kappa shape index (κ1) is 13.7. The summed E-state index contributed by atoms with van der Waals surface area (Å²) >= 11 is 0. The molecule has 1 atom stereocenters. The van der Waals surface area contributed by atoms with E-state index >= 15 is 0 Å². The van der Waals surface area contributed by atoms with Gasteiger partial charge in [-0.25, -0.2) is 5.43 Å². The summed E-state index contributed by atoms with van der Waals surface area (Å²) in [6, 6.07) is 12.0. The van der Waals surface area contributed by atoms with E-state index in [2.05, 4.69) is 40.6 Å². The lowest BCUT2D eigenvalue weighted by atomic mass is 10.0. The smallest absolute Gasteiger partial charge is 0.0899 e. The first-order valence-electron chi connectivity index (χ1n) is 7.16. The molecule has 21 heavy (non-hydrogen) atoms. The Morgan fingerprint density at radius 2 is 2.05 bits per heavy atom. The Hall–Kier alpha value is -2.24. The number of nitrogens with zero attached hydrogens (tertiary/aromatic N) is 3. The third-order valence-corrected chi connectivity index (χ3v) is 3.62. The van der Waals surface area contributed by atoms with Gasteiger partial charge in [-0.2, -0.15) is 5.10 Å². The van der Waals surface area contributed by atoms with Crippen molar-refractivity contribution in [3.8, 4) is 0 Å². The second kappa shape index (κ2) is 6.03. The van der Waals surface area contributed by atoms with Gasteiger partial charge in [-0.15, -0.1) is 0 Å². The van der Waals surface area contributed by atoms with Crippen LogP contribution in [0.15, 0.2) is 48.8 Å². The Kier molecular flexibility index (Phi) is 3.94. The monoisotopic (exact) mass is 281 g/mol. The Morgan fingerprint density at radius 3 is 2.86 bits per heavy atom. The summed E-state index contributed by atoms with van der Waals surface area (Å²) in [5, 5.41) is 5.49. The van der Waals surface area contributed by atoms with Gasteiger partial charge in [0.25, 0.3) is 0 Å². The molecule has 0 saturated heterocycles. The number of para-hydroxylation sites is 1. The molecule has 2 aromatic heterocycles. The van der Waals surface area contributed by atoms with E-state index in [0.29, 0.717) is 0 Å². The van der Waals surface area contributed by atoms with Crippen molar-refractivity contribution in [2.24, 2.45) is 5.84 Å². The SMILES string of the molecule is CCCn1nccc1C(NN)c1cccc2cccnc12. The summed E-state index contributed by atoms with van der Waals surface area (Å²) in [4.78, 5) is 4.51. The van der Waals surface area contributed by atoms with Gasteiger partial charge < -0.3 is 0 Å². The zero-order chi connectivity index (χ0) is 14.7. The van der Waals surface area contributed by atoms with E-state index in [-0.39, 0.29) is 6.04 Å². The van der Waals surface area contributed by atoms with Gasteiger partial charge in [0.1, 0.15) is 0 Å². The number of hydrogen-bond acceptors (Lipinski definition) is 4. The molecule has 0 aliphatic heterocycles. The fourth-order valence-electron chi connectivity index (χ4n) is 2.68. The highest BCUT2D eigenvalue weighted by Crippen LogP contribution is 2.27. The number of aryl methyl sites for hydroxylation is 1. The van der Waals surface area contributed by atoms with Crippen molar-refractivity contribution >= 4 is 10.9 Å². The molecule has 0 saturated carbocycles. The molecular weight excluding hydrogens is 262 g/mol. The molecule has 2 heterocycles. The fraction of sp³-hybridized carbons (Fsp3) is 0.250. The molecule has 0 bridgehead atoms. The number of nitrogens with one attached hydrogen (secondary N) is 1. The second-order valence-electron chi connectivity index (χ2n) is 5.00. The topological polar surface area (TPSA) is 68.8 Å². The van der Waals surface area contributed by atoms with Gasteiger partial charge in [0.15, 0.2) is 0 Å². The number of rotatable bonds is 5. The average molecular weight is 281 g/mol. The number of pyridine rings is 1. The van der Waals surface area contributed by atoms with Crippen molar-refractivity contribution < 1.29 is 0 Å². The zero-order valence-corrected chi connectivity index (χ0v) is 12.0. The second-order valence-corrected chi connectivity index (χ2v) is 5.00. The van der Waals surface area contributed by atoms with Crippen LogP contribution in [-0.2, 0) is 6.54 Å². The molecule has 3 aromatic rings. The normalized spacial score (nSPS) is 12.7. The van der Waals surface area contributed by atoms with Crippen LogP contribution in [0.1, 0.15) is 30.6 Å². The van der Waals surface area contributed by atoms with Gasteiger partial charge in [-0.05, 0) is 18.6 Å². The van der Waals surface area contributed by atoms with E-state index in [1.54, 1.807) is 0 Å². The standard InChI is InChI=1S/C16H19N5/c1-2-11-21-14(8-10-19-21)16(20-17)13-7-3-5-12-6-4-9-18-15(12)13/h3-10,16,20H,2,11,17H2,1H3. The van der Waals surface area contributed by atoms with Gasteiger partial charge in [0.2, 0.25) is 0 Å².